The second-order valence-corrected chi connectivity index (χ2v) is 4.08. The maximum absolute atomic E-state index is 10.6. The SMILES string of the molecule is CC(=Cc1c(Cl)ccc(Cl)c1Cl)C(=O)O. The van der Waals surface area contributed by atoms with Crippen molar-refractivity contribution < 1.29 is 9.90 Å². The Bertz CT molecular complexity index is 439. The minimum absolute atomic E-state index is 0.140. The molecule has 0 unspecified atom stereocenters. The van der Waals surface area contributed by atoms with Crippen LogP contribution in [-0.2, 0) is 4.79 Å². The van der Waals surface area contributed by atoms with Gasteiger partial charge in [0, 0.05) is 16.2 Å². The van der Waals surface area contributed by atoms with E-state index in [-0.39, 0.29) is 10.6 Å². The average Bonchev–Trinajstić information content (AvgIpc) is 2.18. The Balaban J connectivity index is 3.32. The number of carbonyl (C=O) groups is 1. The van der Waals surface area contributed by atoms with Crippen LogP contribution in [0, 0.1) is 0 Å². The number of rotatable bonds is 2. The average molecular weight is 266 g/mol. The first-order valence-electron chi connectivity index (χ1n) is 3.98. The summed E-state index contributed by atoms with van der Waals surface area (Å²) in [5.74, 6) is -1.03. The molecule has 0 saturated heterocycles. The molecule has 1 rings (SSSR count). The molecule has 2 nitrogen and oxygen atoms in total. The minimum atomic E-state index is -1.03. The first kappa shape index (κ1) is 12.4. The highest BCUT2D eigenvalue weighted by Crippen LogP contribution is 2.32. The van der Waals surface area contributed by atoms with Gasteiger partial charge in [-0.25, -0.2) is 4.79 Å². The van der Waals surface area contributed by atoms with Gasteiger partial charge in [-0.1, -0.05) is 34.8 Å². The van der Waals surface area contributed by atoms with Crippen molar-refractivity contribution in [2.45, 2.75) is 6.92 Å². The highest BCUT2D eigenvalue weighted by atomic mass is 35.5. The Morgan fingerprint density at radius 2 is 1.80 bits per heavy atom. The molecule has 1 aromatic rings. The Kier molecular flexibility index (Phi) is 4.03. The van der Waals surface area contributed by atoms with Gasteiger partial charge in [0.1, 0.15) is 0 Å². The zero-order valence-electron chi connectivity index (χ0n) is 7.72. The molecule has 0 radical (unpaired) electrons. The Morgan fingerprint density at radius 3 is 2.33 bits per heavy atom. The van der Waals surface area contributed by atoms with Gasteiger partial charge in [0.2, 0.25) is 0 Å². The summed E-state index contributed by atoms with van der Waals surface area (Å²) in [5.41, 5.74) is 0.562. The molecule has 0 aliphatic carbocycles. The van der Waals surface area contributed by atoms with Gasteiger partial charge in [-0.2, -0.15) is 0 Å². The number of hydrogen-bond acceptors (Lipinski definition) is 1. The summed E-state index contributed by atoms with van der Waals surface area (Å²) in [6, 6.07) is 3.12. The molecule has 0 aromatic heterocycles. The molecular weight excluding hydrogens is 258 g/mol. The van der Waals surface area contributed by atoms with Crippen LogP contribution in [0.2, 0.25) is 15.1 Å². The van der Waals surface area contributed by atoms with Gasteiger partial charge < -0.3 is 5.11 Å². The van der Waals surface area contributed by atoms with Crippen molar-refractivity contribution >= 4 is 46.8 Å². The maximum Gasteiger partial charge on any atom is 0.331 e. The highest BCUT2D eigenvalue weighted by Gasteiger charge is 2.09. The van der Waals surface area contributed by atoms with Crippen molar-refractivity contribution in [2.75, 3.05) is 0 Å². The zero-order chi connectivity index (χ0) is 11.6. The number of hydrogen-bond donors (Lipinski definition) is 1. The number of benzene rings is 1. The van der Waals surface area contributed by atoms with E-state index in [9.17, 15) is 4.79 Å². The van der Waals surface area contributed by atoms with Crippen molar-refractivity contribution in [3.63, 3.8) is 0 Å². The van der Waals surface area contributed by atoms with E-state index in [0.717, 1.165) is 0 Å². The van der Waals surface area contributed by atoms with E-state index >= 15 is 0 Å². The number of aliphatic carboxylic acids is 1. The monoisotopic (exact) mass is 264 g/mol. The molecule has 80 valence electrons. The van der Waals surface area contributed by atoms with E-state index in [1.165, 1.54) is 13.0 Å². The minimum Gasteiger partial charge on any atom is -0.478 e. The Hall–Kier alpha value is -0.700. The number of carboxylic acids is 1. The number of carboxylic acid groups (broad SMARTS) is 1. The summed E-state index contributed by atoms with van der Waals surface area (Å²) in [6.45, 7) is 1.45. The maximum atomic E-state index is 10.6. The van der Waals surface area contributed by atoms with Gasteiger partial charge in [0.25, 0.3) is 0 Å². The summed E-state index contributed by atoms with van der Waals surface area (Å²) < 4.78 is 0. The molecule has 0 heterocycles. The predicted molar refractivity (Wildman–Crippen MR) is 62.8 cm³/mol. The van der Waals surface area contributed by atoms with Crippen LogP contribution in [0.25, 0.3) is 6.08 Å². The molecule has 0 aliphatic rings. The molecule has 0 fully saturated rings. The van der Waals surface area contributed by atoms with Gasteiger partial charge in [0.05, 0.1) is 10.0 Å². The number of halogens is 3. The van der Waals surface area contributed by atoms with E-state index in [1.54, 1.807) is 12.1 Å². The van der Waals surface area contributed by atoms with Gasteiger partial charge in [0.15, 0.2) is 0 Å². The molecule has 0 spiro atoms. The third-order valence-corrected chi connectivity index (χ3v) is 2.93. The van der Waals surface area contributed by atoms with E-state index in [0.29, 0.717) is 15.6 Å². The lowest BCUT2D eigenvalue weighted by Crippen LogP contribution is -1.95. The van der Waals surface area contributed by atoms with E-state index in [4.69, 9.17) is 39.9 Å². The van der Waals surface area contributed by atoms with Crippen LogP contribution in [0.3, 0.4) is 0 Å². The topological polar surface area (TPSA) is 37.3 Å². The molecule has 0 aliphatic heterocycles. The third kappa shape index (κ3) is 2.88. The molecule has 0 atom stereocenters. The molecule has 1 aromatic carbocycles. The molecule has 5 heteroatoms. The van der Waals surface area contributed by atoms with Crippen molar-refractivity contribution in [3.8, 4) is 0 Å². The standard InChI is InChI=1S/C10H7Cl3O2/c1-5(10(14)15)4-6-7(11)2-3-8(12)9(6)13/h2-4H,1H3,(H,14,15). The van der Waals surface area contributed by atoms with Gasteiger partial charge in [-0.05, 0) is 25.1 Å². The van der Waals surface area contributed by atoms with Crippen LogP contribution in [-0.4, -0.2) is 11.1 Å². The van der Waals surface area contributed by atoms with Crippen LogP contribution >= 0.6 is 34.8 Å². The van der Waals surface area contributed by atoms with Crippen LogP contribution in [0.5, 0.6) is 0 Å². The fourth-order valence-electron chi connectivity index (χ4n) is 0.953. The summed E-state index contributed by atoms with van der Waals surface area (Å²) in [7, 11) is 0. The van der Waals surface area contributed by atoms with E-state index in [1.807, 2.05) is 0 Å². The molecular formula is C10H7Cl3O2. The summed E-state index contributed by atoms with van der Waals surface area (Å²) in [5, 5.41) is 9.67. The van der Waals surface area contributed by atoms with Crippen LogP contribution < -0.4 is 0 Å². The lowest BCUT2D eigenvalue weighted by molar-refractivity contribution is -0.132. The first-order valence-corrected chi connectivity index (χ1v) is 5.12. The third-order valence-electron chi connectivity index (χ3n) is 1.78. The van der Waals surface area contributed by atoms with E-state index in [2.05, 4.69) is 0 Å². The van der Waals surface area contributed by atoms with Crippen molar-refractivity contribution in [2.24, 2.45) is 0 Å². The second kappa shape index (κ2) is 4.88. The van der Waals surface area contributed by atoms with Gasteiger partial charge in [-0.3, -0.25) is 0 Å². The van der Waals surface area contributed by atoms with Crippen molar-refractivity contribution in [1.29, 1.82) is 0 Å². The van der Waals surface area contributed by atoms with Crippen LogP contribution in [0.15, 0.2) is 17.7 Å². The van der Waals surface area contributed by atoms with Crippen molar-refractivity contribution in [3.05, 3.63) is 38.3 Å². The fraction of sp³-hybridized carbons (Fsp3) is 0.100. The smallest absolute Gasteiger partial charge is 0.331 e. The molecule has 15 heavy (non-hydrogen) atoms. The Labute approximate surface area is 102 Å². The van der Waals surface area contributed by atoms with Gasteiger partial charge in [-0.15, -0.1) is 0 Å². The normalized spacial score (nSPS) is 11.6. The lowest BCUT2D eigenvalue weighted by atomic mass is 10.1. The van der Waals surface area contributed by atoms with Crippen LogP contribution in [0.4, 0.5) is 0 Å². The highest BCUT2D eigenvalue weighted by molar-refractivity contribution is 6.44. The van der Waals surface area contributed by atoms with E-state index < -0.39 is 5.97 Å². The zero-order valence-corrected chi connectivity index (χ0v) is 9.99. The van der Waals surface area contributed by atoms with Crippen LogP contribution in [0.1, 0.15) is 12.5 Å². The largest absolute Gasteiger partial charge is 0.478 e. The van der Waals surface area contributed by atoms with Gasteiger partial charge >= 0.3 is 5.97 Å². The Morgan fingerprint density at radius 1 is 1.27 bits per heavy atom. The first-order chi connectivity index (χ1) is 6.93. The molecule has 1 N–H and O–H groups in total. The molecule has 0 amide bonds. The lowest BCUT2D eigenvalue weighted by Gasteiger charge is -2.04. The summed E-state index contributed by atoms with van der Waals surface area (Å²) in [6.07, 6.45) is 1.39. The summed E-state index contributed by atoms with van der Waals surface area (Å²) in [4.78, 5) is 10.6. The van der Waals surface area contributed by atoms with Crippen molar-refractivity contribution in [1.82, 2.24) is 0 Å². The second-order valence-electron chi connectivity index (χ2n) is 2.89. The fourth-order valence-corrected chi connectivity index (χ4v) is 1.60. The predicted octanol–water partition coefficient (Wildman–Crippen LogP) is 4.13. The molecule has 0 bridgehead atoms. The molecule has 0 saturated carbocycles. The summed E-state index contributed by atoms with van der Waals surface area (Å²) >= 11 is 17.5. The quantitative estimate of drug-likeness (QED) is 0.645.